The molecule has 0 radical (unpaired) electrons. The van der Waals surface area contributed by atoms with E-state index in [-0.39, 0.29) is 5.75 Å². The quantitative estimate of drug-likeness (QED) is 0.500. The summed E-state index contributed by atoms with van der Waals surface area (Å²) in [5.74, 6) is 1.42. The first-order valence-electron chi connectivity index (χ1n) is 9.21. The van der Waals surface area contributed by atoms with E-state index in [1.54, 1.807) is 6.07 Å². The lowest BCUT2D eigenvalue weighted by molar-refractivity contribution is 0.318. The number of aliphatic imine (C=N–C) groups is 1. The smallest absolute Gasteiger partial charge is 0.191 e. The van der Waals surface area contributed by atoms with Gasteiger partial charge >= 0.3 is 0 Å². The third-order valence-electron chi connectivity index (χ3n) is 4.03. The molecule has 0 aromatic heterocycles. The van der Waals surface area contributed by atoms with Gasteiger partial charge in [0.15, 0.2) is 17.5 Å². The van der Waals surface area contributed by atoms with Gasteiger partial charge in [-0.3, -0.25) is 0 Å². The van der Waals surface area contributed by atoms with Crippen molar-refractivity contribution < 1.29 is 9.84 Å². The molecule has 26 heavy (non-hydrogen) atoms. The molecule has 0 aliphatic heterocycles. The Morgan fingerprint density at radius 3 is 2.50 bits per heavy atom. The molecule has 0 aliphatic carbocycles. The fourth-order valence-electron chi connectivity index (χ4n) is 2.69. The first-order chi connectivity index (χ1) is 12.7. The number of rotatable bonds is 8. The van der Waals surface area contributed by atoms with E-state index in [4.69, 9.17) is 4.74 Å². The van der Waals surface area contributed by atoms with E-state index < -0.39 is 0 Å². The van der Waals surface area contributed by atoms with E-state index in [1.807, 2.05) is 26.0 Å². The number of phenolic OH excluding ortho intramolecular Hbond substituents is 1. The maximum Gasteiger partial charge on any atom is 0.191 e. The highest BCUT2D eigenvalue weighted by atomic mass is 16.5. The summed E-state index contributed by atoms with van der Waals surface area (Å²) in [5.41, 5.74) is 3.61. The number of benzene rings is 2. The number of phenols is 1. The van der Waals surface area contributed by atoms with Gasteiger partial charge < -0.3 is 20.5 Å². The van der Waals surface area contributed by atoms with Crippen LogP contribution >= 0.6 is 0 Å². The topological polar surface area (TPSA) is 65.9 Å². The molecule has 0 amide bonds. The Morgan fingerprint density at radius 2 is 1.81 bits per heavy atom. The summed E-state index contributed by atoms with van der Waals surface area (Å²) in [7, 11) is 0. The molecule has 2 aromatic rings. The molecule has 2 rings (SSSR count). The van der Waals surface area contributed by atoms with Crippen LogP contribution in [0.1, 0.15) is 37.5 Å². The molecule has 0 aliphatic rings. The van der Waals surface area contributed by atoms with Gasteiger partial charge in [0.2, 0.25) is 0 Å². The third-order valence-corrected chi connectivity index (χ3v) is 4.03. The molecule has 140 valence electrons. The SMILES string of the molecule is CCNC(=NCc1ccc(O)c(OCC)c1)NCc1ccccc1CC. The second-order valence-electron chi connectivity index (χ2n) is 5.91. The van der Waals surface area contributed by atoms with Crippen LogP contribution in [0.15, 0.2) is 47.5 Å². The summed E-state index contributed by atoms with van der Waals surface area (Å²) in [6.45, 7) is 8.65. The molecule has 5 heteroatoms. The van der Waals surface area contributed by atoms with Gasteiger partial charge in [0.05, 0.1) is 13.2 Å². The lowest BCUT2D eigenvalue weighted by Crippen LogP contribution is -2.37. The molecule has 5 nitrogen and oxygen atoms in total. The van der Waals surface area contributed by atoms with Crippen molar-refractivity contribution in [1.82, 2.24) is 10.6 Å². The Hall–Kier alpha value is -2.69. The molecule has 0 saturated heterocycles. The van der Waals surface area contributed by atoms with Crippen LogP contribution in [0.5, 0.6) is 11.5 Å². The van der Waals surface area contributed by atoms with Gasteiger partial charge in [-0.25, -0.2) is 4.99 Å². The fraction of sp³-hybridized carbons (Fsp3) is 0.381. The first kappa shape index (κ1) is 19.6. The lowest BCUT2D eigenvalue weighted by atomic mass is 10.1. The van der Waals surface area contributed by atoms with E-state index >= 15 is 0 Å². The monoisotopic (exact) mass is 355 g/mol. The highest BCUT2D eigenvalue weighted by molar-refractivity contribution is 5.79. The van der Waals surface area contributed by atoms with E-state index in [0.29, 0.717) is 18.9 Å². The summed E-state index contributed by atoms with van der Waals surface area (Å²) in [6.07, 6.45) is 1.01. The predicted molar refractivity (Wildman–Crippen MR) is 107 cm³/mol. The summed E-state index contributed by atoms with van der Waals surface area (Å²) < 4.78 is 5.43. The van der Waals surface area contributed by atoms with Crippen LogP contribution in [-0.2, 0) is 19.5 Å². The number of nitrogens with zero attached hydrogens (tertiary/aromatic N) is 1. The van der Waals surface area contributed by atoms with Gasteiger partial charge in [0.25, 0.3) is 0 Å². The molecule has 3 N–H and O–H groups in total. The van der Waals surface area contributed by atoms with Crippen molar-refractivity contribution in [2.45, 2.75) is 40.3 Å². The number of hydrogen-bond acceptors (Lipinski definition) is 3. The van der Waals surface area contributed by atoms with Gasteiger partial charge in [0.1, 0.15) is 0 Å². The number of aryl methyl sites for hydroxylation is 1. The Labute approximate surface area is 156 Å². The summed E-state index contributed by atoms with van der Waals surface area (Å²) in [5, 5.41) is 16.5. The molecule has 0 fully saturated rings. The zero-order valence-electron chi connectivity index (χ0n) is 15.9. The maximum atomic E-state index is 9.80. The van der Waals surface area contributed by atoms with Crippen molar-refractivity contribution >= 4 is 5.96 Å². The minimum absolute atomic E-state index is 0.154. The highest BCUT2D eigenvalue weighted by Gasteiger charge is 2.05. The molecule has 0 spiro atoms. The average molecular weight is 355 g/mol. The Morgan fingerprint density at radius 1 is 1.04 bits per heavy atom. The van der Waals surface area contributed by atoms with Crippen LogP contribution in [-0.4, -0.2) is 24.2 Å². The Bertz CT molecular complexity index is 729. The lowest BCUT2D eigenvalue weighted by Gasteiger charge is -2.14. The van der Waals surface area contributed by atoms with Crippen LogP contribution < -0.4 is 15.4 Å². The standard InChI is InChI=1S/C21H29N3O2/c1-4-17-9-7-8-10-18(17)15-24-21(22-5-2)23-14-16-11-12-19(25)20(13-16)26-6-3/h7-13,25H,4-6,14-15H2,1-3H3,(H2,22,23,24). The predicted octanol–water partition coefficient (Wildman–Crippen LogP) is 3.61. The van der Waals surface area contributed by atoms with Crippen molar-refractivity contribution in [3.05, 3.63) is 59.2 Å². The molecule has 0 bridgehead atoms. The summed E-state index contributed by atoms with van der Waals surface area (Å²) >= 11 is 0. The van der Waals surface area contributed by atoms with Crippen molar-refractivity contribution in [2.24, 2.45) is 4.99 Å². The van der Waals surface area contributed by atoms with E-state index in [1.165, 1.54) is 11.1 Å². The Balaban J connectivity index is 2.05. The number of hydrogen-bond donors (Lipinski definition) is 3. The maximum absolute atomic E-state index is 9.80. The number of ether oxygens (including phenoxy) is 1. The number of nitrogens with one attached hydrogen (secondary N) is 2. The molecule has 0 heterocycles. The van der Waals surface area contributed by atoms with E-state index in [2.05, 4.69) is 46.8 Å². The van der Waals surface area contributed by atoms with Gasteiger partial charge in [-0.1, -0.05) is 37.3 Å². The van der Waals surface area contributed by atoms with Gasteiger partial charge in [-0.15, -0.1) is 0 Å². The van der Waals surface area contributed by atoms with Crippen molar-refractivity contribution in [1.29, 1.82) is 0 Å². The fourth-order valence-corrected chi connectivity index (χ4v) is 2.69. The van der Waals surface area contributed by atoms with Crippen LogP contribution in [0, 0.1) is 0 Å². The largest absolute Gasteiger partial charge is 0.504 e. The molecule has 0 atom stereocenters. The van der Waals surface area contributed by atoms with Gasteiger partial charge in [0, 0.05) is 13.1 Å². The van der Waals surface area contributed by atoms with Crippen LogP contribution in [0.25, 0.3) is 0 Å². The number of aromatic hydroxyl groups is 1. The molecule has 0 unspecified atom stereocenters. The molecule has 2 aromatic carbocycles. The molecule has 0 saturated carbocycles. The van der Waals surface area contributed by atoms with Gasteiger partial charge in [-0.05, 0) is 49.1 Å². The molecular formula is C21H29N3O2. The van der Waals surface area contributed by atoms with Gasteiger partial charge in [-0.2, -0.15) is 0 Å². The third kappa shape index (κ3) is 5.69. The first-order valence-corrected chi connectivity index (χ1v) is 9.21. The number of guanidine groups is 1. The highest BCUT2D eigenvalue weighted by Crippen LogP contribution is 2.27. The van der Waals surface area contributed by atoms with Crippen molar-refractivity contribution in [3.8, 4) is 11.5 Å². The van der Waals surface area contributed by atoms with Crippen LogP contribution in [0.3, 0.4) is 0 Å². The second kappa shape index (κ2) is 10.3. The van der Waals surface area contributed by atoms with Crippen LogP contribution in [0.4, 0.5) is 0 Å². The van der Waals surface area contributed by atoms with Crippen molar-refractivity contribution in [2.75, 3.05) is 13.2 Å². The molecular weight excluding hydrogens is 326 g/mol. The zero-order chi connectivity index (χ0) is 18.8. The van der Waals surface area contributed by atoms with Crippen LogP contribution in [0.2, 0.25) is 0 Å². The normalized spacial score (nSPS) is 11.3. The second-order valence-corrected chi connectivity index (χ2v) is 5.91. The van der Waals surface area contributed by atoms with E-state index in [9.17, 15) is 5.11 Å². The minimum Gasteiger partial charge on any atom is -0.504 e. The summed E-state index contributed by atoms with van der Waals surface area (Å²) in [4.78, 5) is 4.64. The zero-order valence-corrected chi connectivity index (χ0v) is 15.9. The minimum atomic E-state index is 0.154. The Kier molecular flexibility index (Phi) is 7.80. The summed E-state index contributed by atoms with van der Waals surface area (Å²) in [6, 6.07) is 13.8. The average Bonchev–Trinajstić information content (AvgIpc) is 2.66. The van der Waals surface area contributed by atoms with Crippen molar-refractivity contribution in [3.63, 3.8) is 0 Å². The van der Waals surface area contributed by atoms with E-state index in [0.717, 1.165) is 31.0 Å².